The molecule has 1 aliphatic heterocycles. The number of cyclic esters (lactones) is 1. The zero-order valence-electron chi connectivity index (χ0n) is 10.2. The highest BCUT2D eigenvalue weighted by atomic mass is 16.6. The van der Waals surface area contributed by atoms with Gasteiger partial charge in [0.1, 0.15) is 6.61 Å². The number of carbonyl (C=O) groups is 2. The normalized spacial score (nSPS) is 19.3. The molecule has 18 heavy (non-hydrogen) atoms. The van der Waals surface area contributed by atoms with Crippen molar-refractivity contribution in [2.45, 2.75) is 19.4 Å². The van der Waals surface area contributed by atoms with Crippen LogP contribution in [0.4, 0.5) is 4.79 Å². The van der Waals surface area contributed by atoms with Crippen LogP contribution in [0.5, 0.6) is 0 Å². The van der Waals surface area contributed by atoms with Crippen molar-refractivity contribution in [1.29, 1.82) is 0 Å². The van der Waals surface area contributed by atoms with Gasteiger partial charge in [0.05, 0.1) is 6.04 Å². The predicted octanol–water partition coefficient (Wildman–Crippen LogP) is 2.15. The third kappa shape index (κ3) is 2.59. The fourth-order valence-electron chi connectivity index (χ4n) is 1.99. The van der Waals surface area contributed by atoms with E-state index >= 15 is 0 Å². The first-order valence-corrected chi connectivity index (χ1v) is 5.89. The molecule has 1 aromatic rings. The van der Waals surface area contributed by atoms with Crippen molar-refractivity contribution in [2.24, 2.45) is 0 Å². The number of nitrogens with zero attached hydrogens (tertiary/aromatic N) is 1. The van der Waals surface area contributed by atoms with E-state index in [1.54, 1.807) is 13.0 Å². The minimum absolute atomic E-state index is 0.219. The van der Waals surface area contributed by atoms with Gasteiger partial charge in [-0.05, 0) is 25.0 Å². The monoisotopic (exact) mass is 245 g/mol. The lowest BCUT2D eigenvalue weighted by molar-refractivity contribution is -0.124. The number of rotatable bonds is 3. The quantitative estimate of drug-likeness (QED) is 0.766. The lowest BCUT2D eigenvalue weighted by Gasteiger charge is -2.17. The standard InChI is InChI=1S/C14H15NO3/c1-2-6-13(16)15-12(10-18-14(15)17)9-11-7-4-3-5-8-11/h2-8,12H,9-10H2,1H3/b6-2+/t12-/m1/s1. The van der Waals surface area contributed by atoms with Gasteiger partial charge in [0.2, 0.25) is 0 Å². The Morgan fingerprint density at radius 3 is 2.83 bits per heavy atom. The molecule has 1 aromatic carbocycles. The molecule has 1 heterocycles. The molecule has 1 aliphatic rings. The Morgan fingerprint density at radius 1 is 1.44 bits per heavy atom. The van der Waals surface area contributed by atoms with Crippen molar-refractivity contribution >= 4 is 12.0 Å². The Kier molecular flexibility index (Phi) is 3.77. The second kappa shape index (κ2) is 5.49. The van der Waals surface area contributed by atoms with E-state index in [4.69, 9.17) is 4.74 Å². The van der Waals surface area contributed by atoms with Crippen LogP contribution in [0.15, 0.2) is 42.5 Å². The number of allylic oxidation sites excluding steroid dienone is 1. The van der Waals surface area contributed by atoms with Crippen LogP contribution in [-0.2, 0) is 16.0 Å². The zero-order chi connectivity index (χ0) is 13.0. The van der Waals surface area contributed by atoms with E-state index in [9.17, 15) is 9.59 Å². The molecule has 0 radical (unpaired) electrons. The van der Waals surface area contributed by atoms with Gasteiger partial charge in [-0.25, -0.2) is 9.69 Å². The third-order valence-electron chi connectivity index (χ3n) is 2.82. The van der Waals surface area contributed by atoms with Crippen molar-refractivity contribution in [3.63, 3.8) is 0 Å². The molecule has 0 unspecified atom stereocenters. The summed E-state index contributed by atoms with van der Waals surface area (Å²) in [6, 6.07) is 9.53. The number of imide groups is 1. The van der Waals surface area contributed by atoms with Gasteiger partial charge in [0.15, 0.2) is 0 Å². The summed E-state index contributed by atoms with van der Waals surface area (Å²) < 4.78 is 4.95. The van der Waals surface area contributed by atoms with Gasteiger partial charge in [-0.15, -0.1) is 0 Å². The summed E-state index contributed by atoms with van der Waals surface area (Å²) in [5, 5.41) is 0. The van der Waals surface area contributed by atoms with Crippen LogP contribution < -0.4 is 0 Å². The summed E-state index contributed by atoms with van der Waals surface area (Å²) in [5.41, 5.74) is 1.08. The molecule has 1 saturated heterocycles. The summed E-state index contributed by atoms with van der Waals surface area (Å²) in [4.78, 5) is 24.5. The molecule has 0 spiro atoms. The number of ether oxygens (including phenoxy) is 1. The molecule has 0 N–H and O–H groups in total. The number of benzene rings is 1. The molecule has 0 saturated carbocycles. The summed E-state index contributed by atoms with van der Waals surface area (Å²) in [7, 11) is 0. The molecule has 4 heteroatoms. The molecule has 0 bridgehead atoms. The van der Waals surface area contributed by atoms with E-state index in [0.717, 1.165) is 5.56 Å². The van der Waals surface area contributed by atoms with Crippen LogP contribution in [0, 0.1) is 0 Å². The topological polar surface area (TPSA) is 46.6 Å². The minimum Gasteiger partial charge on any atom is -0.447 e. The van der Waals surface area contributed by atoms with Crippen molar-refractivity contribution in [1.82, 2.24) is 4.90 Å². The average Bonchev–Trinajstić information content (AvgIpc) is 2.72. The number of hydrogen-bond donors (Lipinski definition) is 0. The average molecular weight is 245 g/mol. The largest absolute Gasteiger partial charge is 0.447 e. The van der Waals surface area contributed by atoms with E-state index in [1.807, 2.05) is 30.3 Å². The smallest absolute Gasteiger partial charge is 0.417 e. The predicted molar refractivity (Wildman–Crippen MR) is 66.9 cm³/mol. The Bertz CT molecular complexity index is 467. The van der Waals surface area contributed by atoms with E-state index in [1.165, 1.54) is 11.0 Å². The Labute approximate surface area is 106 Å². The number of carbonyl (C=O) groups excluding carboxylic acids is 2. The van der Waals surface area contributed by atoms with Gasteiger partial charge in [0.25, 0.3) is 5.91 Å². The van der Waals surface area contributed by atoms with Gasteiger partial charge in [0, 0.05) is 0 Å². The highest BCUT2D eigenvalue weighted by molar-refractivity contribution is 5.99. The van der Waals surface area contributed by atoms with Crippen LogP contribution in [0.25, 0.3) is 0 Å². The van der Waals surface area contributed by atoms with E-state index < -0.39 is 6.09 Å². The molecule has 94 valence electrons. The minimum atomic E-state index is -0.556. The Balaban J connectivity index is 2.12. The molecular formula is C14H15NO3. The summed E-state index contributed by atoms with van der Waals surface area (Å²) in [6.45, 7) is 2.00. The Hall–Kier alpha value is -2.10. The fourth-order valence-corrected chi connectivity index (χ4v) is 1.99. The van der Waals surface area contributed by atoms with Crippen molar-refractivity contribution in [3.8, 4) is 0 Å². The van der Waals surface area contributed by atoms with Gasteiger partial charge < -0.3 is 4.74 Å². The first-order valence-electron chi connectivity index (χ1n) is 5.89. The van der Waals surface area contributed by atoms with Crippen LogP contribution in [0.2, 0.25) is 0 Å². The molecule has 2 amide bonds. The van der Waals surface area contributed by atoms with Crippen LogP contribution in [-0.4, -0.2) is 29.5 Å². The van der Waals surface area contributed by atoms with Crippen LogP contribution in [0.1, 0.15) is 12.5 Å². The van der Waals surface area contributed by atoms with E-state index in [-0.39, 0.29) is 18.6 Å². The highest BCUT2D eigenvalue weighted by Crippen LogP contribution is 2.17. The van der Waals surface area contributed by atoms with Gasteiger partial charge in [-0.1, -0.05) is 36.4 Å². The van der Waals surface area contributed by atoms with Gasteiger partial charge in [-0.3, -0.25) is 4.79 Å². The molecule has 2 rings (SSSR count). The van der Waals surface area contributed by atoms with Crippen molar-refractivity contribution in [2.75, 3.05) is 6.61 Å². The molecular weight excluding hydrogens is 230 g/mol. The van der Waals surface area contributed by atoms with Crippen LogP contribution >= 0.6 is 0 Å². The maximum atomic E-state index is 11.8. The van der Waals surface area contributed by atoms with Crippen molar-refractivity contribution in [3.05, 3.63) is 48.0 Å². The first kappa shape index (κ1) is 12.4. The van der Waals surface area contributed by atoms with Crippen LogP contribution in [0.3, 0.4) is 0 Å². The fraction of sp³-hybridized carbons (Fsp3) is 0.286. The molecule has 4 nitrogen and oxygen atoms in total. The van der Waals surface area contributed by atoms with Gasteiger partial charge in [-0.2, -0.15) is 0 Å². The maximum absolute atomic E-state index is 11.8. The Morgan fingerprint density at radius 2 is 2.17 bits per heavy atom. The maximum Gasteiger partial charge on any atom is 0.417 e. The molecule has 1 fully saturated rings. The summed E-state index contributed by atoms with van der Waals surface area (Å²) in [5.74, 6) is -0.319. The number of hydrogen-bond acceptors (Lipinski definition) is 3. The highest BCUT2D eigenvalue weighted by Gasteiger charge is 2.36. The number of amides is 2. The lowest BCUT2D eigenvalue weighted by atomic mass is 10.1. The third-order valence-corrected chi connectivity index (χ3v) is 2.82. The molecule has 1 atom stereocenters. The molecule has 0 aromatic heterocycles. The SMILES string of the molecule is C/C=C/C(=O)N1C(=O)OC[C@H]1Cc1ccccc1. The molecule has 0 aliphatic carbocycles. The first-order chi connectivity index (χ1) is 8.72. The van der Waals surface area contributed by atoms with E-state index in [0.29, 0.717) is 6.42 Å². The second-order valence-electron chi connectivity index (χ2n) is 4.13. The van der Waals surface area contributed by atoms with Gasteiger partial charge >= 0.3 is 6.09 Å². The van der Waals surface area contributed by atoms with E-state index in [2.05, 4.69) is 0 Å². The summed E-state index contributed by atoms with van der Waals surface area (Å²) >= 11 is 0. The zero-order valence-corrected chi connectivity index (χ0v) is 10.2. The lowest BCUT2D eigenvalue weighted by Crippen LogP contribution is -2.39. The van der Waals surface area contributed by atoms with Crippen molar-refractivity contribution < 1.29 is 14.3 Å². The second-order valence-corrected chi connectivity index (χ2v) is 4.13. The summed E-state index contributed by atoms with van der Waals surface area (Å²) in [6.07, 6.45) is 3.06.